The number of H-pyrrole nitrogens is 1. The van der Waals surface area contributed by atoms with Crippen LogP contribution >= 0.6 is 0 Å². The molecule has 4 rings (SSSR count). The Labute approximate surface area is 193 Å². The van der Waals surface area contributed by atoms with Crippen LogP contribution in [0.4, 0.5) is 0 Å². The van der Waals surface area contributed by atoms with Gasteiger partial charge in [0.05, 0.1) is 5.52 Å². The van der Waals surface area contributed by atoms with Crippen LogP contribution in [0.3, 0.4) is 0 Å². The third-order valence-electron chi connectivity index (χ3n) is 5.51. The zero-order valence-corrected chi connectivity index (χ0v) is 18.7. The predicted octanol–water partition coefficient (Wildman–Crippen LogP) is 4.41. The largest absolute Gasteiger partial charge is 0.508 e. The Bertz CT molecular complexity index is 1140. The fourth-order valence-corrected chi connectivity index (χ4v) is 3.74. The smallest absolute Gasteiger partial charge is 0.143 e. The molecule has 0 bridgehead atoms. The maximum atomic E-state index is 10.2. The lowest BCUT2D eigenvalue weighted by molar-refractivity contribution is 0.104. The van der Waals surface area contributed by atoms with Crippen molar-refractivity contribution < 1.29 is 19.7 Å². The number of nitrogens with one attached hydrogen (secondary N) is 2. The van der Waals surface area contributed by atoms with Crippen LogP contribution in [0.1, 0.15) is 18.1 Å². The maximum absolute atomic E-state index is 10.2. The van der Waals surface area contributed by atoms with Crippen molar-refractivity contribution in [2.75, 3.05) is 13.2 Å². The first kappa shape index (κ1) is 22.7. The zero-order chi connectivity index (χ0) is 23.0. The summed E-state index contributed by atoms with van der Waals surface area (Å²) < 4.78 is 11.6. The number of phenols is 1. The van der Waals surface area contributed by atoms with Crippen molar-refractivity contribution in [1.82, 2.24) is 10.3 Å². The normalized spacial score (nSPS) is 13.0. The predicted molar refractivity (Wildman–Crippen MR) is 130 cm³/mol. The summed E-state index contributed by atoms with van der Waals surface area (Å²) in [5, 5.41) is 24.1. The number of rotatable bonds is 11. The minimum atomic E-state index is -0.637. The Balaban J connectivity index is 1.28. The molecule has 6 heteroatoms. The van der Waals surface area contributed by atoms with E-state index in [2.05, 4.69) is 35.4 Å². The van der Waals surface area contributed by atoms with Crippen LogP contribution in [0.25, 0.3) is 10.9 Å². The summed E-state index contributed by atoms with van der Waals surface area (Å²) in [4.78, 5) is 3.37. The highest BCUT2D eigenvalue weighted by molar-refractivity contribution is 5.88. The van der Waals surface area contributed by atoms with Gasteiger partial charge in [0, 0.05) is 24.2 Å². The van der Waals surface area contributed by atoms with E-state index in [0.29, 0.717) is 18.9 Å². The molecule has 1 unspecified atom stereocenters. The molecule has 172 valence electrons. The van der Waals surface area contributed by atoms with Crippen molar-refractivity contribution in [2.24, 2.45) is 0 Å². The molecule has 0 aliphatic heterocycles. The van der Waals surface area contributed by atoms with Gasteiger partial charge in [-0.25, -0.2) is 0 Å². The van der Waals surface area contributed by atoms with Crippen LogP contribution < -0.4 is 14.8 Å². The average molecular weight is 447 g/mol. The van der Waals surface area contributed by atoms with Crippen molar-refractivity contribution in [3.05, 3.63) is 90.1 Å². The fraction of sp³-hybridized carbons (Fsp3) is 0.259. The van der Waals surface area contributed by atoms with Crippen LogP contribution in [-0.4, -0.2) is 40.5 Å². The third-order valence-corrected chi connectivity index (χ3v) is 5.51. The first-order chi connectivity index (χ1) is 16.1. The van der Waals surface area contributed by atoms with Gasteiger partial charge in [0.25, 0.3) is 0 Å². The number of benzene rings is 3. The topological polar surface area (TPSA) is 86.7 Å². The second-order valence-corrected chi connectivity index (χ2v) is 8.24. The molecule has 4 N–H and O–H groups in total. The van der Waals surface area contributed by atoms with Crippen LogP contribution in [0.2, 0.25) is 0 Å². The summed E-state index contributed by atoms with van der Waals surface area (Å²) in [5.74, 6) is 1.64. The lowest BCUT2D eigenvalue weighted by Crippen LogP contribution is -2.37. The highest BCUT2D eigenvalue weighted by atomic mass is 16.5. The molecule has 0 saturated heterocycles. The van der Waals surface area contributed by atoms with Crippen molar-refractivity contribution in [1.29, 1.82) is 0 Å². The minimum Gasteiger partial charge on any atom is -0.508 e. The number of aromatic hydroxyl groups is 1. The molecular formula is C27H30N2O4. The van der Waals surface area contributed by atoms with E-state index >= 15 is 0 Å². The molecule has 0 aliphatic rings. The van der Waals surface area contributed by atoms with Gasteiger partial charge in [-0.3, -0.25) is 0 Å². The Kier molecular flexibility index (Phi) is 7.50. The molecule has 4 aromatic rings. The van der Waals surface area contributed by atoms with E-state index in [4.69, 9.17) is 9.47 Å². The lowest BCUT2D eigenvalue weighted by Gasteiger charge is -2.17. The van der Waals surface area contributed by atoms with Crippen molar-refractivity contribution in [3.8, 4) is 17.2 Å². The first-order valence-corrected chi connectivity index (χ1v) is 11.2. The van der Waals surface area contributed by atoms with Crippen LogP contribution in [0, 0.1) is 0 Å². The molecule has 0 fully saturated rings. The average Bonchev–Trinajstić information content (AvgIpc) is 3.25. The number of fused-ring (bicyclic) bond motifs is 1. The van der Waals surface area contributed by atoms with Crippen molar-refractivity contribution in [3.63, 3.8) is 0 Å². The van der Waals surface area contributed by atoms with Crippen LogP contribution in [0.5, 0.6) is 17.2 Å². The second-order valence-electron chi connectivity index (χ2n) is 8.24. The summed E-state index contributed by atoms with van der Waals surface area (Å²) in [6.07, 6.45) is 2.21. The number of aliphatic hydroxyl groups excluding tert-OH is 1. The van der Waals surface area contributed by atoms with Crippen LogP contribution in [0.15, 0.2) is 79.0 Å². The number of aromatic nitrogens is 1. The molecule has 0 amide bonds. The number of hydrogen-bond acceptors (Lipinski definition) is 5. The molecule has 0 aliphatic carbocycles. The summed E-state index contributed by atoms with van der Waals surface area (Å²) in [5.41, 5.74) is 3.33. The zero-order valence-electron chi connectivity index (χ0n) is 18.7. The molecule has 6 nitrogen and oxygen atoms in total. The minimum absolute atomic E-state index is 0.168. The number of phenolic OH excluding ortho intramolecular Hbond substituents is 1. The molecule has 3 aromatic carbocycles. The molecule has 2 atom stereocenters. The Hall–Kier alpha value is -3.48. The Morgan fingerprint density at radius 1 is 0.939 bits per heavy atom. The maximum Gasteiger partial charge on any atom is 0.143 e. The van der Waals surface area contributed by atoms with Gasteiger partial charge in [-0.15, -0.1) is 0 Å². The lowest BCUT2D eigenvalue weighted by atomic mass is 10.1. The van der Waals surface area contributed by atoms with Gasteiger partial charge in [-0.1, -0.05) is 42.5 Å². The van der Waals surface area contributed by atoms with Gasteiger partial charge in [0.15, 0.2) is 0 Å². The van der Waals surface area contributed by atoms with E-state index in [1.807, 2.05) is 36.5 Å². The molecule has 1 heterocycles. The van der Waals surface area contributed by atoms with Gasteiger partial charge in [0.1, 0.15) is 36.6 Å². The number of aliphatic hydroxyl groups is 1. The van der Waals surface area contributed by atoms with Gasteiger partial charge >= 0.3 is 0 Å². The van der Waals surface area contributed by atoms with E-state index < -0.39 is 6.10 Å². The van der Waals surface area contributed by atoms with Gasteiger partial charge in [0.2, 0.25) is 0 Å². The highest BCUT2D eigenvalue weighted by Gasteiger charge is 2.13. The Morgan fingerprint density at radius 2 is 1.73 bits per heavy atom. The SMILES string of the molecule is CC(Cc1c[nH]c2c(OCc3ccccc3)cccc12)NC[C@H](O)COc1ccc(O)cc1. The number of ether oxygens (including phenoxy) is 2. The van der Waals surface area contributed by atoms with Gasteiger partial charge in [-0.2, -0.15) is 0 Å². The summed E-state index contributed by atoms with van der Waals surface area (Å²) >= 11 is 0. The van der Waals surface area contributed by atoms with E-state index in [1.54, 1.807) is 24.3 Å². The van der Waals surface area contributed by atoms with Gasteiger partial charge in [-0.05, 0) is 54.8 Å². The quantitative estimate of drug-likeness (QED) is 0.274. The van der Waals surface area contributed by atoms with E-state index in [0.717, 1.165) is 28.6 Å². The molecular weight excluding hydrogens is 416 g/mol. The van der Waals surface area contributed by atoms with E-state index in [9.17, 15) is 10.2 Å². The monoisotopic (exact) mass is 446 g/mol. The second kappa shape index (κ2) is 10.9. The van der Waals surface area contributed by atoms with E-state index in [1.165, 1.54) is 5.56 Å². The van der Waals surface area contributed by atoms with Crippen molar-refractivity contribution >= 4 is 10.9 Å². The first-order valence-electron chi connectivity index (χ1n) is 11.2. The fourth-order valence-electron chi connectivity index (χ4n) is 3.74. The van der Waals surface area contributed by atoms with Crippen LogP contribution in [-0.2, 0) is 13.0 Å². The summed E-state index contributed by atoms with van der Waals surface area (Å²) in [7, 11) is 0. The number of para-hydroxylation sites is 1. The number of aromatic amines is 1. The summed E-state index contributed by atoms with van der Waals surface area (Å²) in [6, 6.07) is 22.9. The molecule has 0 spiro atoms. The standard InChI is InChI=1S/C27H30N2O4/c1-19(28-16-23(31)18-32-24-12-10-22(30)11-13-24)14-21-15-29-27-25(21)8-5-9-26(27)33-17-20-6-3-2-4-7-20/h2-13,15,19,23,28-31H,14,16-18H2,1H3/t19?,23-/m0/s1. The highest BCUT2D eigenvalue weighted by Crippen LogP contribution is 2.28. The molecule has 33 heavy (non-hydrogen) atoms. The third kappa shape index (κ3) is 6.28. The van der Waals surface area contributed by atoms with Crippen molar-refractivity contribution in [2.45, 2.75) is 32.1 Å². The van der Waals surface area contributed by atoms with Gasteiger partial charge < -0.3 is 30.0 Å². The Morgan fingerprint density at radius 3 is 2.52 bits per heavy atom. The summed E-state index contributed by atoms with van der Waals surface area (Å²) in [6.45, 7) is 3.23. The molecule has 1 aromatic heterocycles. The molecule has 0 radical (unpaired) electrons. The molecule has 0 saturated carbocycles. The van der Waals surface area contributed by atoms with E-state index in [-0.39, 0.29) is 18.4 Å². The number of hydrogen-bond donors (Lipinski definition) is 4.